The SMILES string of the molecule is O=C(CC(c1ccccc1)c1cnc2ccc(Cl)cn12)NCCc1ccccc1. The minimum Gasteiger partial charge on any atom is -0.356 e. The highest BCUT2D eigenvalue weighted by Crippen LogP contribution is 2.29. The van der Waals surface area contributed by atoms with Gasteiger partial charge in [0, 0.05) is 31.3 Å². The van der Waals surface area contributed by atoms with Crippen molar-refractivity contribution in [2.45, 2.75) is 18.8 Å². The number of benzene rings is 2. The Bertz CT molecular complexity index is 1090. The molecule has 0 aliphatic rings. The van der Waals surface area contributed by atoms with Crippen LogP contribution in [0.3, 0.4) is 0 Å². The fourth-order valence-corrected chi connectivity index (χ4v) is 3.72. The number of fused-ring (bicyclic) bond motifs is 1. The van der Waals surface area contributed by atoms with Crippen molar-refractivity contribution in [2.75, 3.05) is 6.54 Å². The summed E-state index contributed by atoms with van der Waals surface area (Å²) in [6.07, 6.45) is 4.84. The van der Waals surface area contributed by atoms with Gasteiger partial charge in [-0.3, -0.25) is 4.79 Å². The van der Waals surface area contributed by atoms with Crippen LogP contribution >= 0.6 is 11.6 Å². The predicted octanol–water partition coefficient (Wildman–Crippen LogP) is 4.87. The molecule has 1 unspecified atom stereocenters. The lowest BCUT2D eigenvalue weighted by Crippen LogP contribution is -2.27. The molecular formula is C24H22ClN3O. The number of halogens is 1. The zero-order valence-electron chi connectivity index (χ0n) is 16.0. The van der Waals surface area contributed by atoms with Crippen molar-refractivity contribution in [1.82, 2.24) is 14.7 Å². The molecule has 4 nitrogen and oxygen atoms in total. The summed E-state index contributed by atoms with van der Waals surface area (Å²) in [5.74, 6) is -0.0897. The number of nitrogens with zero attached hydrogens (tertiary/aromatic N) is 2. The molecule has 4 rings (SSSR count). The molecule has 1 N–H and O–H groups in total. The average Bonchev–Trinajstić information content (AvgIpc) is 3.16. The molecule has 4 aromatic rings. The van der Waals surface area contributed by atoms with E-state index in [9.17, 15) is 4.79 Å². The van der Waals surface area contributed by atoms with Crippen LogP contribution in [0.1, 0.15) is 29.2 Å². The molecule has 2 aromatic heterocycles. The van der Waals surface area contributed by atoms with Crippen LogP contribution in [-0.2, 0) is 11.2 Å². The number of carbonyl (C=O) groups excluding carboxylic acids is 1. The molecule has 5 heteroatoms. The highest BCUT2D eigenvalue weighted by atomic mass is 35.5. The summed E-state index contributed by atoms with van der Waals surface area (Å²) in [6, 6.07) is 23.9. The monoisotopic (exact) mass is 403 g/mol. The van der Waals surface area contributed by atoms with Crippen molar-refractivity contribution >= 4 is 23.2 Å². The zero-order chi connectivity index (χ0) is 20.1. The van der Waals surface area contributed by atoms with Gasteiger partial charge < -0.3 is 9.72 Å². The maximum Gasteiger partial charge on any atom is 0.221 e. The topological polar surface area (TPSA) is 46.4 Å². The Balaban J connectivity index is 1.53. The van der Waals surface area contributed by atoms with Gasteiger partial charge >= 0.3 is 0 Å². The summed E-state index contributed by atoms with van der Waals surface area (Å²) in [4.78, 5) is 17.2. The first-order chi connectivity index (χ1) is 14.2. The van der Waals surface area contributed by atoms with Crippen LogP contribution in [0, 0.1) is 0 Å². The Morgan fingerprint density at radius 1 is 1.00 bits per heavy atom. The summed E-state index contributed by atoms with van der Waals surface area (Å²) in [5, 5.41) is 3.69. The summed E-state index contributed by atoms with van der Waals surface area (Å²) >= 11 is 6.20. The van der Waals surface area contributed by atoms with E-state index in [0.29, 0.717) is 18.0 Å². The predicted molar refractivity (Wildman–Crippen MR) is 116 cm³/mol. The van der Waals surface area contributed by atoms with Gasteiger partial charge in [0.1, 0.15) is 5.65 Å². The molecule has 0 radical (unpaired) electrons. The molecule has 0 aliphatic carbocycles. The Labute approximate surface area is 175 Å². The number of aromatic nitrogens is 2. The van der Waals surface area contributed by atoms with Gasteiger partial charge in [-0.25, -0.2) is 4.98 Å². The summed E-state index contributed by atoms with van der Waals surface area (Å²) in [7, 11) is 0. The van der Waals surface area contributed by atoms with Crippen molar-refractivity contribution in [3.05, 3.63) is 107 Å². The average molecular weight is 404 g/mol. The van der Waals surface area contributed by atoms with Crippen LogP contribution < -0.4 is 5.32 Å². The standard InChI is InChI=1S/C24H22ClN3O/c25-20-11-12-23-27-16-22(28(23)17-20)21(19-9-5-2-6-10-19)15-24(29)26-14-13-18-7-3-1-4-8-18/h1-12,16-17,21H,13-15H2,(H,26,29). The maximum absolute atomic E-state index is 12.7. The van der Waals surface area contributed by atoms with Crippen molar-refractivity contribution < 1.29 is 4.79 Å². The summed E-state index contributed by atoms with van der Waals surface area (Å²) in [5.41, 5.74) is 4.05. The van der Waals surface area contributed by atoms with Gasteiger partial charge in [0.2, 0.25) is 5.91 Å². The fourth-order valence-electron chi connectivity index (χ4n) is 3.56. The Morgan fingerprint density at radius 3 is 2.48 bits per heavy atom. The van der Waals surface area contributed by atoms with Gasteiger partial charge in [-0.15, -0.1) is 0 Å². The van der Waals surface area contributed by atoms with E-state index in [4.69, 9.17) is 11.6 Å². The molecule has 1 atom stereocenters. The van der Waals surface area contributed by atoms with Crippen molar-refractivity contribution in [2.24, 2.45) is 0 Å². The van der Waals surface area contributed by atoms with Gasteiger partial charge in [0.25, 0.3) is 0 Å². The van der Waals surface area contributed by atoms with E-state index in [1.165, 1.54) is 5.56 Å². The minimum absolute atomic E-state index is 0.0202. The number of amides is 1. The molecule has 29 heavy (non-hydrogen) atoms. The van der Waals surface area contributed by atoms with Crippen molar-refractivity contribution in [3.63, 3.8) is 0 Å². The van der Waals surface area contributed by atoms with E-state index in [0.717, 1.165) is 23.3 Å². The molecule has 0 aliphatic heterocycles. The Kier molecular flexibility index (Phi) is 5.92. The fraction of sp³-hybridized carbons (Fsp3) is 0.167. The smallest absolute Gasteiger partial charge is 0.221 e. The quantitative estimate of drug-likeness (QED) is 0.478. The van der Waals surface area contributed by atoms with Crippen LogP contribution in [0.2, 0.25) is 5.02 Å². The molecule has 0 fully saturated rings. The molecule has 146 valence electrons. The Hall–Kier alpha value is -3.11. The Morgan fingerprint density at radius 2 is 1.72 bits per heavy atom. The van der Waals surface area contributed by atoms with Gasteiger partial charge in [0.05, 0.1) is 10.7 Å². The number of pyridine rings is 1. The van der Waals surface area contributed by atoms with Crippen LogP contribution in [-0.4, -0.2) is 21.8 Å². The van der Waals surface area contributed by atoms with Crippen molar-refractivity contribution in [3.8, 4) is 0 Å². The van der Waals surface area contributed by atoms with Crippen LogP contribution in [0.25, 0.3) is 5.65 Å². The maximum atomic E-state index is 12.7. The van der Waals surface area contributed by atoms with Crippen LogP contribution in [0.4, 0.5) is 0 Å². The minimum atomic E-state index is -0.110. The lowest BCUT2D eigenvalue weighted by molar-refractivity contribution is -0.121. The van der Waals surface area contributed by atoms with E-state index in [1.54, 1.807) is 0 Å². The number of imidazole rings is 1. The van der Waals surface area contributed by atoms with Crippen LogP contribution in [0.5, 0.6) is 0 Å². The number of nitrogens with one attached hydrogen (secondary N) is 1. The van der Waals surface area contributed by atoms with Gasteiger partial charge in [-0.1, -0.05) is 72.3 Å². The molecule has 2 aromatic carbocycles. The molecule has 0 saturated carbocycles. The third-order valence-corrected chi connectivity index (χ3v) is 5.25. The van der Waals surface area contributed by atoms with E-state index >= 15 is 0 Å². The summed E-state index contributed by atoms with van der Waals surface area (Å²) in [6.45, 7) is 0.614. The molecule has 1 amide bonds. The molecular weight excluding hydrogens is 382 g/mol. The summed E-state index contributed by atoms with van der Waals surface area (Å²) < 4.78 is 1.97. The number of hydrogen-bond donors (Lipinski definition) is 1. The lowest BCUT2D eigenvalue weighted by atomic mass is 9.92. The zero-order valence-corrected chi connectivity index (χ0v) is 16.7. The molecule has 0 spiro atoms. The number of hydrogen-bond acceptors (Lipinski definition) is 2. The highest BCUT2D eigenvalue weighted by Gasteiger charge is 2.21. The highest BCUT2D eigenvalue weighted by molar-refractivity contribution is 6.30. The first-order valence-corrected chi connectivity index (χ1v) is 10.1. The number of carbonyl (C=O) groups is 1. The van der Waals surface area contributed by atoms with Gasteiger partial charge in [-0.05, 0) is 29.7 Å². The van der Waals surface area contributed by atoms with E-state index in [2.05, 4.69) is 22.4 Å². The number of rotatable bonds is 7. The molecule has 2 heterocycles. The van der Waals surface area contributed by atoms with Gasteiger partial charge in [0.15, 0.2) is 0 Å². The molecule has 0 bridgehead atoms. The second kappa shape index (κ2) is 8.93. The first-order valence-electron chi connectivity index (χ1n) is 9.69. The normalized spacial score (nSPS) is 12.0. The first kappa shape index (κ1) is 19.2. The van der Waals surface area contributed by atoms with Crippen LogP contribution in [0.15, 0.2) is 85.2 Å². The largest absolute Gasteiger partial charge is 0.356 e. The second-order valence-electron chi connectivity index (χ2n) is 7.01. The second-order valence-corrected chi connectivity index (χ2v) is 7.45. The lowest BCUT2D eigenvalue weighted by Gasteiger charge is -2.17. The van der Waals surface area contributed by atoms with E-state index < -0.39 is 0 Å². The van der Waals surface area contributed by atoms with Gasteiger partial charge in [-0.2, -0.15) is 0 Å². The third kappa shape index (κ3) is 4.66. The third-order valence-electron chi connectivity index (χ3n) is 5.03. The van der Waals surface area contributed by atoms with Crippen molar-refractivity contribution in [1.29, 1.82) is 0 Å². The molecule has 0 saturated heterocycles. The van der Waals surface area contributed by atoms with E-state index in [1.807, 2.05) is 77.5 Å². The van der Waals surface area contributed by atoms with E-state index in [-0.39, 0.29) is 11.8 Å².